The molecule has 0 atom stereocenters. The molecule has 3 aromatic carbocycles. The lowest BCUT2D eigenvalue weighted by atomic mass is 9.86. The molecule has 14 heteroatoms. The molecule has 0 amide bonds. The van der Waals surface area contributed by atoms with Gasteiger partial charge in [0, 0.05) is 35.3 Å². The Labute approximate surface area is 301 Å². The van der Waals surface area contributed by atoms with E-state index in [1.165, 1.54) is 45.6 Å². The zero-order chi connectivity index (χ0) is 38.7. The van der Waals surface area contributed by atoms with Gasteiger partial charge in [-0.1, -0.05) is 66.2 Å². The first-order valence-electron chi connectivity index (χ1n) is 15.4. The standard InChI is InChI=1S/C12H15NO4.C12H17NO2.C7H6BrNO2.C5H10O2/c1-12(2,11(14)17-3)8-9-4-6-10(7-5-9)13(15)16;1-12(2,11(14)15-3)8-9-4-6-10(13)7-5-9;8-5-6-1-3-7(4-2-6)9(10)11;1-4(2)5(6)7-3/h4-7H,8H2,1-3H3;4-7H,8,13H2,1-3H3;1-4H,5H2;4H,1-3H3. The fourth-order valence-electron chi connectivity index (χ4n) is 4.03. The van der Waals surface area contributed by atoms with Crippen LogP contribution in [0.4, 0.5) is 17.1 Å². The number of anilines is 1. The maximum Gasteiger partial charge on any atom is 0.311 e. The number of halogens is 1. The van der Waals surface area contributed by atoms with Crippen molar-refractivity contribution in [2.24, 2.45) is 16.7 Å². The van der Waals surface area contributed by atoms with Crippen molar-refractivity contribution in [3.63, 3.8) is 0 Å². The van der Waals surface area contributed by atoms with E-state index in [0.29, 0.717) is 12.8 Å². The van der Waals surface area contributed by atoms with Gasteiger partial charge in [-0.05, 0) is 69.4 Å². The highest BCUT2D eigenvalue weighted by Gasteiger charge is 2.29. The van der Waals surface area contributed by atoms with E-state index in [2.05, 4.69) is 20.7 Å². The molecule has 274 valence electrons. The van der Waals surface area contributed by atoms with Crippen molar-refractivity contribution in [1.82, 2.24) is 0 Å². The number of nitrogens with zero attached hydrogens (tertiary/aromatic N) is 2. The number of hydrogen-bond acceptors (Lipinski definition) is 11. The molecule has 0 fully saturated rings. The maximum atomic E-state index is 11.5. The fourth-order valence-corrected chi connectivity index (χ4v) is 4.40. The van der Waals surface area contributed by atoms with Crippen LogP contribution in [-0.4, -0.2) is 49.1 Å². The molecule has 0 spiro atoms. The van der Waals surface area contributed by atoms with Crippen molar-refractivity contribution in [2.75, 3.05) is 27.1 Å². The van der Waals surface area contributed by atoms with Crippen molar-refractivity contribution in [3.8, 4) is 0 Å². The Morgan fingerprint density at radius 1 is 0.660 bits per heavy atom. The molecule has 50 heavy (non-hydrogen) atoms. The van der Waals surface area contributed by atoms with Gasteiger partial charge in [-0.25, -0.2) is 0 Å². The fraction of sp³-hybridized carbons (Fsp3) is 0.417. The molecule has 13 nitrogen and oxygen atoms in total. The Kier molecular flexibility index (Phi) is 19.9. The summed E-state index contributed by atoms with van der Waals surface area (Å²) >= 11 is 3.25. The number of nitrogens with two attached hydrogens (primary N) is 1. The highest BCUT2D eigenvalue weighted by atomic mass is 79.9. The summed E-state index contributed by atoms with van der Waals surface area (Å²) in [6, 6.07) is 20.2. The molecule has 0 unspecified atom stereocenters. The van der Waals surface area contributed by atoms with Crippen molar-refractivity contribution >= 4 is 50.9 Å². The molecule has 3 aromatic rings. The first-order valence-corrected chi connectivity index (χ1v) is 16.5. The quantitative estimate of drug-likeness (QED) is 0.0533. The van der Waals surface area contributed by atoms with Gasteiger partial charge in [-0.2, -0.15) is 0 Å². The van der Waals surface area contributed by atoms with Gasteiger partial charge in [0.2, 0.25) is 0 Å². The number of non-ortho nitro benzene ring substituents is 2. The van der Waals surface area contributed by atoms with Crippen molar-refractivity contribution < 1.29 is 38.4 Å². The van der Waals surface area contributed by atoms with Gasteiger partial charge in [-0.3, -0.25) is 34.6 Å². The Morgan fingerprint density at radius 2 is 0.980 bits per heavy atom. The van der Waals surface area contributed by atoms with Crippen LogP contribution in [-0.2, 0) is 46.8 Å². The summed E-state index contributed by atoms with van der Waals surface area (Å²) in [5.41, 5.74) is 8.35. The summed E-state index contributed by atoms with van der Waals surface area (Å²) in [4.78, 5) is 53.1. The number of carbonyl (C=O) groups excluding carboxylic acids is 3. The molecule has 0 saturated heterocycles. The van der Waals surface area contributed by atoms with E-state index in [0.717, 1.165) is 27.7 Å². The molecular weight excluding hydrogens is 714 g/mol. The number of hydrogen-bond donors (Lipinski definition) is 1. The zero-order valence-corrected chi connectivity index (χ0v) is 31.6. The first-order chi connectivity index (χ1) is 23.2. The average molecular weight is 763 g/mol. The summed E-state index contributed by atoms with van der Waals surface area (Å²) in [6.07, 6.45) is 1.14. The number of rotatable bonds is 10. The van der Waals surface area contributed by atoms with Gasteiger partial charge in [0.25, 0.3) is 11.4 Å². The largest absolute Gasteiger partial charge is 0.469 e. The normalized spacial score (nSPS) is 10.5. The number of nitro groups is 2. The second-order valence-corrected chi connectivity index (χ2v) is 13.1. The maximum absolute atomic E-state index is 11.5. The molecule has 0 bridgehead atoms. The zero-order valence-electron chi connectivity index (χ0n) is 30.1. The number of methoxy groups -OCH3 is 3. The Morgan fingerprint density at radius 3 is 1.22 bits per heavy atom. The van der Waals surface area contributed by atoms with Crippen LogP contribution in [0.2, 0.25) is 0 Å². The minimum absolute atomic E-state index is 0.00463. The number of carbonyl (C=O) groups is 3. The van der Waals surface area contributed by atoms with E-state index in [1.807, 2.05) is 38.1 Å². The molecule has 0 heterocycles. The second-order valence-electron chi connectivity index (χ2n) is 12.5. The van der Waals surface area contributed by atoms with E-state index in [9.17, 15) is 34.6 Å². The molecular formula is C36H48BrN3O10. The Hall–Kier alpha value is -4.85. The monoisotopic (exact) mass is 761 g/mol. The minimum atomic E-state index is -0.634. The van der Waals surface area contributed by atoms with Crippen LogP contribution >= 0.6 is 15.9 Å². The lowest BCUT2D eigenvalue weighted by Gasteiger charge is -2.21. The van der Waals surface area contributed by atoms with E-state index >= 15 is 0 Å². The van der Waals surface area contributed by atoms with Crippen molar-refractivity contribution in [2.45, 2.75) is 59.7 Å². The Balaban J connectivity index is 0.000000669. The Bertz CT molecular complexity index is 1520. The van der Waals surface area contributed by atoms with Crippen molar-refractivity contribution in [1.29, 1.82) is 0 Å². The number of ether oxygens (including phenoxy) is 3. The smallest absolute Gasteiger partial charge is 0.311 e. The predicted molar refractivity (Wildman–Crippen MR) is 196 cm³/mol. The summed E-state index contributed by atoms with van der Waals surface area (Å²) in [5.74, 6) is -0.639. The summed E-state index contributed by atoms with van der Waals surface area (Å²) in [6.45, 7) is 10.9. The molecule has 2 N–H and O–H groups in total. The third-order valence-corrected chi connectivity index (χ3v) is 7.52. The van der Waals surface area contributed by atoms with Crippen LogP contribution in [0, 0.1) is 37.0 Å². The van der Waals surface area contributed by atoms with E-state index < -0.39 is 20.7 Å². The third-order valence-electron chi connectivity index (χ3n) is 6.87. The van der Waals surface area contributed by atoms with Gasteiger partial charge in [0.1, 0.15) is 0 Å². The number of nitro benzene ring substituents is 2. The third kappa shape index (κ3) is 17.0. The average Bonchev–Trinajstić information content (AvgIpc) is 3.08. The van der Waals surface area contributed by atoms with Gasteiger partial charge in [-0.15, -0.1) is 0 Å². The number of benzene rings is 3. The highest BCUT2D eigenvalue weighted by Crippen LogP contribution is 2.25. The van der Waals surface area contributed by atoms with Crippen LogP contribution < -0.4 is 5.73 Å². The van der Waals surface area contributed by atoms with Crippen LogP contribution in [0.25, 0.3) is 0 Å². The molecule has 0 aliphatic heterocycles. The van der Waals surface area contributed by atoms with E-state index in [-0.39, 0.29) is 35.2 Å². The van der Waals surface area contributed by atoms with Crippen molar-refractivity contribution in [3.05, 3.63) is 110 Å². The van der Waals surface area contributed by atoms with Gasteiger partial charge >= 0.3 is 17.9 Å². The van der Waals surface area contributed by atoms with E-state index in [4.69, 9.17) is 15.2 Å². The summed E-state index contributed by atoms with van der Waals surface area (Å²) in [7, 11) is 4.15. The molecule has 3 rings (SSSR count). The topological polar surface area (TPSA) is 191 Å². The summed E-state index contributed by atoms with van der Waals surface area (Å²) < 4.78 is 13.8. The van der Waals surface area contributed by atoms with Crippen LogP contribution in [0.1, 0.15) is 58.2 Å². The van der Waals surface area contributed by atoms with Gasteiger partial charge in [0.15, 0.2) is 0 Å². The molecule has 0 aromatic heterocycles. The molecule has 0 radical (unpaired) electrons. The number of esters is 3. The molecule has 0 saturated carbocycles. The molecule has 0 aliphatic carbocycles. The second kappa shape index (κ2) is 22.0. The SMILES string of the molecule is COC(=O)C(C)(C)Cc1ccc(N)cc1.COC(=O)C(C)(C)Cc1ccc([N+](=O)[O-])cc1.COC(=O)C(C)C.O=[N+]([O-])c1ccc(CBr)cc1. The van der Waals surface area contributed by atoms with Gasteiger partial charge < -0.3 is 19.9 Å². The predicted octanol–water partition coefficient (Wildman–Crippen LogP) is 7.65. The highest BCUT2D eigenvalue weighted by molar-refractivity contribution is 9.08. The summed E-state index contributed by atoms with van der Waals surface area (Å²) in [5, 5.41) is 21.4. The number of nitrogen functional groups attached to an aromatic ring is 1. The van der Waals surface area contributed by atoms with E-state index in [1.54, 1.807) is 52.0 Å². The minimum Gasteiger partial charge on any atom is -0.469 e. The lowest BCUT2D eigenvalue weighted by Crippen LogP contribution is -2.27. The lowest BCUT2D eigenvalue weighted by molar-refractivity contribution is -0.385. The van der Waals surface area contributed by atoms with Crippen LogP contribution in [0.15, 0.2) is 72.8 Å². The first kappa shape index (κ1) is 45.2. The van der Waals surface area contributed by atoms with Crippen LogP contribution in [0.3, 0.4) is 0 Å². The van der Waals surface area contributed by atoms with Crippen LogP contribution in [0.5, 0.6) is 0 Å². The number of alkyl halides is 1. The molecule has 0 aliphatic rings. The van der Waals surface area contributed by atoms with Gasteiger partial charge in [0.05, 0.1) is 47.9 Å².